The van der Waals surface area contributed by atoms with E-state index in [4.69, 9.17) is 9.84 Å². The molecule has 6 nitrogen and oxygen atoms in total. The summed E-state index contributed by atoms with van der Waals surface area (Å²) in [7, 11) is -2.32. The van der Waals surface area contributed by atoms with E-state index >= 15 is 0 Å². The van der Waals surface area contributed by atoms with E-state index in [-0.39, 0.29) is 9.96 Å². The van der Waals surface area contributed by atoms with Crippen LogP contribution in [0.4, 0.5) is 5.69 Å². The van der Waals surface area contributed by atoms with Crippen molar-refractivity contribution in [3.8, 4) is 5.75 Å². The van der Waals surface area contributed by atoms with Crippen molar-refractivity contribution in [1.82, 2.24) is 0 Å². The molecular formula is C21H17NO5S3. The van der Waals surface area contributed by atoms with Gasteiger partial charge in [0.1, 0.15) is 9.96 Å². The molecule has 4 aromatic rings. The second-order valence-corrected chi connectivity index (χ2v) is 10.4. The Bertz CT molecular complexity index is 1330. The van der Waals surface area contributed by atoms with Crippen LogP contribution in [-0.4, -0.2) is 32.4 Å². The molecule has 0 atom stereocenters. The normalized spacial score (nSPS) is 11.6. The number of methoxy groups -OCH3 is 1. The Hall–Kier alpha value is -2.75. The predicted molar refractivity (Wildman–Crippen MR) is 121 cm³/mol. The molecule has 0 spiro atoms. The molecule has 154 valence electrons. The van der Waals surface area contributed by atoms with E-state index in [1.54, 1.807) is 18.2 Å². The summed E-state index contributed by atoms with van der Waals surface area (Å²) in [4.78, 5) is 11.6. The Morgan fingerprint density at radius 3 is 2.50 bits per heavy atom. The van der Waals surface area contributed by atoms with Gasteiger partial charge in [-0.25, -0.2) is 8.42 Å². The number of thiophene rings is 1. The molecule has 0 unspecified atom stereocenters. The molecule has 0 aliphatic carbocycles. The van der Waals surface area contributed by atoms with Crippen molar-refractivity contribution in [2.45, 2.75) is 9.10 Å². The molecule has 0 saturated carbocycles. The Morgan fingerprint density at radius 2 is 1.80 bits per heavy atom. The fourth-order valence-corrected chi connectivity index (χ4v) is 6.42. The first-order valence-corrected chi connectivity index (χ1v) is 12.1. The zero-order valence-electron chi connectivity index (χ0n) is 15.8. The van der Waals surface area contributed by atoms with Crippen LogP contribution >= 0.6 is 23.1 Å². The standard InChI is InChI=1S/C21H17NO5S3/c1-27-21-15-8-4-3-7-14(15)16(11-18(21)28-12-19(23)24)22-30(25,26)20-10-13-6-2-5-9-17(13)29-20/h2-11,22H,12H2,1H3,(H,23,24). The molecule has 0 bridgehead atoms. The first-order valence-electron chi connectivity index (χ1n) is 8.85. The largest absolute Gasteiger partial charge is 0.495 e. The molecule has 0 fully saturated rings. The maximum absolute atomic E-state index is 13.1. The highest BCUT2D eigenvalue weighted by molar-refractivity contribution is 8.00. The molecule has 0 saturated heterocycles. The molecule has 0 aliphatic rings. The van der Waals surface area contributed by atoms with Crippen molar-refractivity contribution in [2.75, 3.05) is 17.6 Å². The molecule has 4 rings (SSSR count). The molecule has 0 aliphatic heterocycles. The first kappa shape index (κ1) is 20.5. The zero-order chi connectivity index (χ0) is 21.3. The minimum Gasteiger partial charge on any atom is -0.495 e. The number of benzene rings is 3. The highest BCUT2D eigenvalue weighted by atomic mass is 32.2. The zero-order valence-corrected chi connectivity index (χ0v) is 18.2. The van der Waals surface area contributed by atoms with Gasteiger partial charge in [-0.3, -0.25) is 9.52 Å². The van der Waals surface area contributed by atoms with Gasteiger partial charge in [-0.1, -0.05) is 42.5 Å². The molecule has 0 amide bonds. The summed E-state index contributed by atoms with van der Waals surface area (Å²) in [6.45, 7) is 0. The number of carboxylic acid groups (broad SMARTS) is 1. The van der Waals surface area contributed by atoms with Crippen molar-refractivity contribution in [3.63, 3.8) is 0 Å². The van der Waals surface area contributed by atoms with Gasteiger partial charge >= 0.3 is 5.97 Å². The van der Waals surface area contributed by atoms with Gasteiger partial charge in [0.15, 0.2) is 0 Å². The van der Waals surface area contributed by atoms with E-state index in [0.717, 1.165) is 21.8 Å². The van der Waals surface area contributed by atoms with E-state index in [1.807, 2.05) is 42.5 Å². The fraction of sp³-hybridized carbons (Fsp3) is 0.0952. The molecule has 1 heterocycles. The minimum absolute atomic E-state index is 0.169. The lowest BCUT2D eigenvalue weighted by Gasteiger charge is -2.16. The third-order valence-corrected chi connectivity index (χ3v) is 8.39. The van der Waals surface area contributed by atoms with E-state index < -0.39 is 16.0 Å². The van der Waals surface area contributed by atoms with Gasteiger partial charge in [-0.2, -0.15) is 0 Å². The highest BCUT2D eigenvalue weighted by Gasteiger charge is 2.21. The summed E-state index contributed by atoms with van der Waals surface area (Å²) in [6.07, 6.45) is 0. The van der Waals surface area contributed by atoms with Crippen LogP contribution in [0, 0.1) is 0 Å². The number of hydrogen-bond donors (Lipinski definition) is 2. The van der Waals surface area contributed by atoms with Gasteiger partial charge in [0.25, 0.3) is 10.0 Å². The second-order valence-electron chi connectivity index (χ2n) is 6.39. The average Bonchev–Trinajstić information content (AvgIpc) is 3.17. The van der Waals surface area contributed by atoms with Crippen molar-refractivity contribution in [2.24, 2.45) is 0 Å². The van der Waals surface area contributed by atoms with Gasteiger partial charge < -0.3 is 9.84 Å². The van der Waals surface area contributed by atoms with Crippen molar-refractivity contribution in [1.29, 1.82) is 0 Å². The van der Waals surface area contributed by atoms with E-state index in [2.05, 4.69) is 4.72 Å². The number of hydrogen-bond acceptors (Lipinski definition) is 6. The van der Waals surface area contributed by atoms with E-state index in [0.29, 0.717) is 27.1 Å². The van der Waals surface area contributed by atoms with Gasteiger partial charge in [-0.05, 0) is 23.6 Å². The maximum Gasteiger partial charge on any atom is 0.313 e. The number of sulfonamides is 1. The van der Waals surface area contributed by atoms with Gasteiger partial charge in [0, 0.05) is 15.5 Å². The summed E-state index contributed by atoms with van der Waals surface area (Å²) in [5, 5.41) is 11.3. The number of aliphatic carboxylic acids is 1. The summed E-state index contributed by atoms with van der Waals surface area (Å²) in [6, 6.07) is 18.0. The third-order valence-electron chi connectivity index (χ3n) is 4.43. The number of carboxylic acids is 1. The number of nitrogens with one attached hydrogen (secondary N) is 1. The van der Waals surface area contributed by atoms with Gasteiger partial charge in [0.05, 0.1) is 23.4 Å². The third kappa shape index (κ3) is 3.96. The monoisotopic (exact) mass is 459 g/mol. The number of carbonyl (C=O) groups is 1. The smallest absolute Gasteiger partial charge is 0.313 e. The van der Waals surface area contributed by atoms with Crippen LogP contribution in [0.25, 0.3) is 20.9 Å². The number of rotatable bonds is 7. The molecule has 9 heteroatoms. The number of ether oxygens (including phenoxy) is 1. The Labute approximate surface area is 181 Å². The van der Waals surface area contributed by atoms with E-state index in [1.165, 1.54) is 18.4 Å². The quantitative estimate of drug-likeness (QED) is 0.376. The summed E-state index contributed by atoms with van der Waals surface area (Å²) in [5.74, 6) is -0.624. The number of fused-ring (bicyclic) bond motifs is 2. The SMILES string of the molecule is COc1c(SCC(=O)O)cc(NS(=O)(=O)c2cc3ccccc3s2)c2ccccc12. The topological polar surface area (TPSA) is 92.7 Å². The molecule has 1 aromatic heterocycles. The van der Waals surface area contributed by atoms with Crippen LogP contribution in [0.2, 0.25) is 0 Å². The van der Waals surface area contributed by atoms with Crippen molar-refractivity contribution >= 4 is 65.6 Å². The minimum atomic E-state index is -3.83. The van der Waals surface area contributed by atoms with E-state index in [9.17, 15) is 13.2 Å². The average molecular weight is 460 g/mol. The van der Waals surface area contributed by atoms with Crippen LogP contribution in [0.3, 0.4) is 0 Å². The molecular weight excluding hydrogens is 442 g/mol. The Kier molecular flexibility index (Phi) is 5.59. The Morgan fingerprint density at radius 1 is 1.10 bits per heavy atom. The van der Waals surface area contributed by atoms with Crippen LogP contribution < -0.4 is 9.46 Å². The summed E-state index contributed by atoms with van der Waals surface area (Å²) >= 11 is 2.27. The van der Waals surface area contributed by atoms with Crippen LogP contribution in [0.15, 0.2) is 69.8 Å². The van der Waals surface area contributed by atoms with Crippen LogP contribution in [-0.2, 0) is 14.8 Å². The van der Waals surface area contributed by atoms with Crippen molar-refractivity contribution in [3.05, 3.63) is 60.7 Å². The molecule has 0 radical (unpaired) electrons. The van der Waals surface area contributed by atoms with Gasteiger partial charge in [0.2, 0.25) is 0 Å². The maximum atomic E-state index is 13.1. The van der Waals surface area contributed by atoms with Gasteiger partial charge in [-0.15, -0.1) is 23.1 Å². The van der Waals surface area contributed by atoms with Crippen LogP contribution in [0.1, 0.15) is 0 Å². The fourth-order valence-electron chi connectivity index (χ4n) is 3.15. The summed E-state index contributed by atoms with van der Waals surface area (Å²) in [5.41, 5.74) is 0.372. The van der Waals surface area contributed by atoms with Crippen molar-refractivity contribution < 1.29 is 23.1 Å². The second kappa shape index (κ2) is 8.17. The lowest BCUT2D eigenvalue weighted by molar-refractivity contribution is -0.133. The lowest BCUT2D eigenvalue weighted by Crippen LogP contribution is -2.12. The first-order chi connectivity index (χ1) is 14.4. The summed E-state index contributed by atoms with van der Waals surface area (Å²) < 4.78 is 35.5. The molecule has 30 heavy (non-hydrogen) atoms. The predicted octanol–water partition coefficient (Wildman–Crippen LogP) is 5.04. The van der Waals surface area contributed by atoms with Crippen LogP contribution in [0.5, 0.6) is 5.75 Å². The lowest BCUT2D eigenvalue weighted by atomic mass is 10.1. The molecule has 2 N–H and O–H groups in total. The Balaban J connectivity index is 1.81. The highest BCUT2D eigenvalue weighted by Crippen LogP contribution is 2.41. The molecule has 3 aromatic carbocycles. The number of anilines is 1. The number of thioether (sulfide) groups is 1.